The predicted octanol–water partition coefficient (Wildman–Crippen LogP) is -0.236. The topological polar surface area (TPSA) is 72.2 Å². The summed E-state index contributed by atoms with van der Waals surface area (Å²) in [5.74, 6) is 0.258. The van der Waals surface area contributed by atoms with Gasteiger partial charge in [0.15, 0.2) is 0 Å². The van der Waals surface area contributed by atoms with Gasteiger partial charge in [-0.15, -0.1) is 5.10 Å². The van der Waals surface area contributed by atoms with Gasteiger partial charge in [-0.25, -0.2) is 9.48 Å². The molecule has 1 N–H and O–H groups in total. The van der Waals surface area contributed by atoms with Crippen molar-refractivity contribution in [3.8, 4) is 0 Å². The maximum absolute atomic E-state index is 12.1. The van der Waals surface area contributed by atoms with Gasteiger partial charge in [0.1, 0.15) is 0 Å². The third-order valence-corrected chi connectivity index (χ3v) is 4.04. The maximum Gasteiger partial charge on any atom is 0.346 e. The van der Waals surface area contributed by atoms with Gasteiger partial charge >= 0.3 is 5.69 Å². The molecule has 0 amide bonds. The Bertz CT molecular complexity index is 589. The summed E-state index contributed by atoms with van der Waals surface area (Å²) < 4.78 is 2.28. The standard InChI is InChI=1S/C13H23N5O2/c1-16(2)10-8-6-5-7-9(10)14-11-12(19)17(3)13(20)18(4)15-11/h9-10H,5-8H2,1-4H3,(H,14,15)/t9-,10+/m1/s1. The van der Waals surface area contributed by atoms with Gasteiger partial charge in [0.25, 0.3) is 5.56 Å². The molecule has 7 heteroatoms. The van der Waals surface area contributed by atoms with E-state index in [-0.39, 0.29) is 17.4 Å². The van der Waals surface area contributed by atoms with Crippen LogP contribution in [0.3, 0.4) is 0 Å². The number of likely N-dealkylation sites (N-methyl/N-ethyl adjacent to an activating group) is 1. The van der Waals surface area contributed by atoms with Crippen molar-refractivity contribution < 1.29 is 0 Å². The molecule has 1 aliphatic carbocycles. The lowest BCUT2D eigenvalue weighted by atomic mass is 9.89. The second kappa shape index (κ2) is 5.78. The zero-order valence-corrected chi connectivity index (χ0v) is 12.6. The van der Waals surface area contributed by atoms with Crippen LogP contribution in [0.4, 0.5) is 5.82 Å². The van der Waals surface area contributed by atoms with Crippen LogP contribution < -0.4 is 16.6 Å². The highest BCUT2D eigenvalue weighted by atomic mass is 16.2. The van der Waals surface area contributed by atoms with Crippen LogP contribution in [0.1, 0.15) is 25.7 Å². The molecule has 2 rings (SSSR count). The first-order valence-electron chi connectivity index (χ1n) is 6.99. The first-order valence-corrected chi connectivity index (χ1v) is 6.99. The molecule has 0 radical (unpaired) electrons. The summed E-state index contributed by atoms with van der Waals surface area (Å²) in [4.78, 5) is 25.9. The van der Waals surface area contributed by atoms with Crippen LogP contribution in [-0.2, 0) is 14.1 Å². The Hall–Kier alpha value is -1.63. The van der Waals surface area contributed by atoms with Crippen molar-refractivity contribution in [2.24, 2.45) is 14.1 Å². The number of hydrogen-bond acceptors (Lipinski definition) is 5. The van der Waals surface area contributed by atoms with Gasteiger partial charge in [-0.1, -0.05) is 12.8 Å². The van der Waals surface area contributed by atoms with Crippen molar-refractivity contribution in [2.45, 2.75) is 37.8 Å². The zero-order chi connectivity index (χ0) is 14.9. The first-order chi connectivity index (χ1) is 9.41. The Labute approximate surface area is 118 Å². The van der Waals surface area contributed by atoms with Crippen LogP contribution in [0.5, 0.6) is 0 Å². The van der Waals surface area contributed by atoms with Crippen molar-refractivity contribution in [2.75, 3.05) is 19.4 Å². The van der Waals surface area contributed by atoms with E-state index < -0.39 is 5.69 Å². The summed E-state index contributed by atoms with van der Waals surface area (Å²) in [5.41, 5.74) is -0.774. The van der Waals surface area contributed by atoms with Gasteiger partial charge in [0.2, 0.25) is 5.82 Å². The Balaban J connectivity index is 2.29. The van der Waals surface area contributed by atoms with Crippen molar-refractivity contribution in [1.29, 1.82) is 0 Å². The molecule has 0 bridgehead atoms. The molecule has 0 spiro atoms. The molecule has 7 nitrogen and oxygen atoms in total. The quantitative estimate of drug-likeness (QED) is 0.828. The third kappa shape index (κ3) is 2.77. The van der Waals surface area contributed by atoms with Crippen LogP contribution in [0.25, 0.3) is 0 Å². The van der Waals surface area contributed by atoms with E-state index in [1.54, 1.807) is 7.05 Å². The minimum absolute atomic E-state index is 0.191. The van der Waals surface area contributed by atoms with Crippen molar-refractivity contribution in [3.05, 3.63) is 20.8 Å². The number of hydrogen-bond donors (Lipinski definition) is 1. The van der Waals surface area contributed by atoms with Gasteiger partial charge in [0.05, 0.1) is 0 Å². The Morgan fingerprint density at radius 1 is 1.20 bits per heavy atom. The summed E-state index contributed by atoms with van der Waals surface area (Å²) in [5, 5.41) is 7.31. The maximum atomic E-state index is 12.1. The number of aryl methyl sites for hydroxylation is 1. The molecule has 112 valence electrons. The number of aromatic nitrogens is 3. The fourth-order valence-electron chi connectivity index (χ4n) is 2.86. The molecular formula is C13H23N5O2. The Morgan fingerprint density at radius 3 is 2.50 bits per heavy atom. The minimum Gasteiger partial charge on any atom is -0.360 e. The van der Waals surface area contributed by atoms with E-state index in [1.807, 2.05) is 0 Å². The molecule has 0 saturated heterocycles. The fourth-order valence-corrected chi connectivity index (χ4v) is 2.86. The molecule has 0 aliphatic heterocycles. The minimum atomic E-state index is -0.409. The molecule has 0 aromatic carbocycles. The second-order valence-corrected chi connectivity index (χ2v) is 5.69. The summed E-state index contributed by atoms with van der Waals surface area (Å²) >= 11 is 0. The highest BCUT2D eigenvalue weighted by Gasteiger charge is 2.27. The van der Waals surface area contributed by atoms with E-state index in [2.05, 4.69) is 29.4 Å². The van der Waals surface area contributed by atoms with E-state index in [0.29, 0.717) is 6.04 Å². The number of rotatable bonds is 3. The van der Waals surface area contributed by atoms with Crippen LogP contribution in [-0.4, -0.2) is 45.4 Å². The molecule has 1 aliphatic rings. The fraction of sp³-hybridized carbons (Fsp3) is 0.769. The molecule has 1 aromatic heterocycles. The monoisotopic (exact) mass is 281 g/mol. The van der Waals surface area contributed by atoms with Crippen LogP contribution in [0.2, 0.25) is 0 Å². The van der Waals surface area contributed by atoms with E-state index >= 15 is 0 Å². The van der Waals surface area contributed by atoms with Crippen molar-refractivity contribution in [1.82, 2.24) is 19.2 Å². The lowest BCUT2D eigenvalue weighted by Crippen LogP contribution is -2.48. The second-order valence-electron chi connectivity index (χ2n) is 5.69. The van der Waals surface area contributed by atoms with Gasteiger partial charge < -0.3 is 10.2 Å². The molecule has 1 fully saturated rings. The number of nitrogens with zero attached hydrogens (tertiary/aromatic N) is 4. The lowest BCUT2D eigenvalue weighted by molar-refractivity contribution is 0.211. The largest absolute Gasteiger partial charge is 0.360 e. The summed E-state index contributed by atoms with van der Waals surface area (Å²) in [6, 6.07) is 0.573. The lowest BCUT2D eigenvalue weighted by Gasteiger charge is -2.36. The molecule has 2 atom stereocenters. The molecule has 1 aromatic rings. The predicted molar refractivity (Wildman–Crippen MR) is 78.1 cm³/mol. The van der Waals surface area contributed by atoms with E-state index in [9.17, 15) is 9.59 Å². The van der Waals surface area contributed by atoms with Gasteiger partial charge in [-0.2, -0.15) is 0 Å². The average Bonchev–Trinajstić information content (AvgIpc) is 2.43. The zero-order valence-electron chi connectivity index (χ0n) is 12.6. The first kappa shape index (κ1) is 14.8. The van der Waals surface area contributed by atoms with Crippen molar-refractivity contribution in [3.63, 3.8) is 0 Å². The Morgan fingerprint density at radius 2 is 1.85 bits per heavy atom. The third-order valence-electron chi connectivity index (χ3n) is 4.04. The SMILES string of the molecule is CN(C)[C@H]1CCCC[C@H]1Nc1nn(C)c(=O)n(C)c1=O. The van der Waals surface area contributed by atoms with E-state index in [1.165, 1.54) is 18.2 Å². The molecule has 20 heavy (non-hydrogen) atoms. The van der Waals surface area contributed by atoms with Gasteiger partial charge in [-0.3, -0.25) is 9.36 Å². The van der Waals surface area contributed by atoms with Crippen molar-refractivity contribution >= 4 is 5.82 Å². The normalized spacial score (nSPS) is 23.1. The van der Waals surface area contributed by atoms with E-state index in [4.69, 9.17) is 0 Å². The molecule has 0 unspecified atom stereocenters. The summed E-state index contributed by atoms with van der Waals surface area (Å²) in [6.45, 7) is 0. The molecular weight excluding hydrogens is 258 g/mol. The van der Waals surface area contributed by atoms with E-state index in [0.717, 1.165) is 23.8 Å². The average molecular weight is 281 g/mol. The van der Waals surface area contributed by atoms with Crippen LogP contribution in [0.15, 0.2) is 9.59 Å². The summed E-state index contributed by atoms with van der Waals surface area (Å²) in [6.07, 6.45) is 4.47. The van der Waals surface area contributed by atoms with Gasteiger partial charge in [-0.05, 0) is 26.9 Å². The van der Waals surface area contributed by atoms with Gasteiger partial charge in [0, 0.05) is 26.2 Å². The highest BCUT2D eigenvalue weighted by Crippen LogP contribution is 2.23. The molecule has 1 heterocycles. The molecule has 1 saturated carbocycles. The number of anilines is 1. The summed E-state index contributed by atoms with van der Waals surface area (Å²) in [7, 11) is 7.13. The highest BCUT2D eigenvalue weighted by molar-refractivity contribution is 5.32. The Kier molecular flexibility index (Phi) is 4.27. The number of nitrogens with one attached hydrogen (secondary N) is 1. The van der Waals surface area contributed by atoms with Crippen LogP contribution in [0, 0.1) is 0 Å². The van der Waals surface area contributed by atoms with Crippen LogP contribution >= 0.6 is 0 Å². The smallest absolute Gasteiger partial charge is 0.346 e.